The molecule has 0 saturated heterocycles. The highest BCUT2D eigenvalue weighted by Gasteiger charge is 2.22. The zero-order valence-corrected chi connectivity index (χ0v) is 15.3. The summed E-state index contributed by atoms with van der Waals surface area (Å²) in [5.41, 5.74) is 2.28. The number of rotatable bonds is 5. The largest absolute Gasteiger partial charge is 0.333 e. The van der Waals surface area contributed by atoms with E-state index in [2.05, 4.69) is 11.4 Å². The Morgan fingerprint density at radius 1 is 1.35 bits per heavy atom. The van der Waals surface area contributed by atoms with Crippen LogP contribution in [-0.4, -0.2) is 12.5 Å². The van der Waals surface area contributed by atoms with Crippen LogP contribution in [0.1, 0.15) is 47.4 Å². The molecule has 1 aliphatic rings. The minimum absolute atomic E-state index is 0.133. The van der Waals surface area contributed by atoms with E-state index in [1.165, 1.54) is 22.3 Å². The molecule has 0 fully saturated rings. The third-order valence-electron chi connectivity index (χ3n) is 4.66. The van der Waals surface area contributed by atoms with Crippen molar-refractivity contribution in [2.75, 3.05) is 11.9 Å². The van der Waals surface area contributed by atoms with Crippen molar-refractivity contribution in [2.24, 2.45) is 0 Å². The Kier molecular flexibility index (Phi) is 5.64. The lowest BCUT2D eigenvalue weighted by atomic mass is 9.96. The molecule has 26 heavy (non-hydrogen) atoms. The normalized spacial score (nSPS) is 14.4. The lowest BCUT2D eigenvalue weighted by Gasteiger charge is -2.11. The number of aryl methyl sites for hydroxylation is 1. The number of benzene rings is 1. The number of halogens is 2. The molecule has 0 spiro atoms. The summed E-state index contributed by atoms with van der Waals surface area (Å²) in [6.07, 6.45) is 4.05. The number of nitrogens with two attached hydrogens (primary N) is 1. The molecule has 1 heterocycles. The molecule has 0 bridgehead atoms. The SMILES string of the molecule is C[C@H]([NH2+]CC(=O)Nc1sc2c(c1C#N)CCCC2)c1ccc(F)c(F)c1. The van der Waals surface area contributed by atoms with Gasteiger partial charge in [-0.3, -0.25) is 4.79 Å². The van der Waals surface area contributed by atoms with Crippen LogP contribution in [-0.2, 0) is 17.6 Å². The van der Waals surface area contributed by atoms with Crippen molar-refractivity contribution in [3.63, 3.8) is 0 Å². The fourth-order valence-corrected chi connectivity index (χ4v) is 4.42. The number of hydrogen-bond donors (Lipinski definition) is 2. The second-order valence-corrected chi connectivity index (χ2v) is 7.58. The zero-order valence-electron chi connectivity index (χ0n) is 14.4. The molecule has 0 unspecified atom stereocenters. The predicted molar refractivity (Wildman–Crippen MR) is 95.9 cm³/mol. The minimum Gasteiger partial charge on any atom is -0.333 e. The summed E-state index contributed by atoms with van der Waals surface area (Å²) in [5, 5.41) is 14.6. The van der Waals surface area contributed by atoms with Gasteiger partial charge in [-0.05, 0) is 56.4 Å². The smallest absolute Gasteiger partial charge is 0.280 e. The van der Waals surface area contributed by atoms with Crippen LogP contribution in [0.5, 0.6) is 0 Å². The van der Waals surface area contributed by atoms with Gasteiger partial charge in [0.05, 0.1) is 5.56 Å². The maximum absolute atomic E-state index is 13.3. The molecule has 3 N–H and O–H groups in total. The number of nitriles is 1. The molecule has 0 aliphatic heterocycles. The molecule has 1 atom stereocenters. The maximum atomic E-state index is 13.3. The molecule has 136 valence electrons. The Morgan fingerprint density at radius 2 is 2.12 bits per heavy atom. The van der Waals surface area contributed by atoms with Crippen LogP contribution in [0.3, 0.4) is 0 Å². The van der Waals surface area contributed by atoms with Crippen LogP contribution in [0.2, 0.25) is 0 Å². The number of anilines is 1. The number of carbonyl (C=O) groups is 1. The van der Waals surface area contributed by atoms with Gasteiger partial charge in [-0.15, -0.1) is 11.3 Å². The number of nitrogens with zero attached hydrogens (tertiary/aromatic N) is 1. The summed E-state index contributed by atoms with van der Waals surface area (Å²) < 4.78 is 26.3. The zero-order chi connectivity index (χ0) is 18.7. The van der Waals surface area contributed by atoms with Crippen molar-refractivity contribution in [3.8, 4) is 6.07 Å². The van der Waals surface area contributed by atoms with Crippen molar-refractivity contribution in [2.45, 2.75) is 38.6 Å². The Hall–Kier alpha value is -2.30. The Balaban J connectivity index is 1.62. The number of hydrogen-bond acceptors (Lipinski definition) is 3. The predicted octanol–water partition coefficient (Wildman–Crippen LogP) is 3.04. The molecular formula is C19H20F2N3OS+. The average Bonchev–Trinajstić information content (AvgIpc) is 2.98. The van der Waals surface area contributed by atoms with Crippen LogP contribution in [0.15, 0.2) is 18.2 Å². The van der Waals surface area contributed by atoms with Crippen LogP contribution in [0.25, 0.3) is 0 Å². The van der Waals surface area contributed by atoms with Gasteiger partial charge in [0.1, 0.15) is 17.1 Å². The van der Waals surface area contributed by atoms with Gasteiger partial charge in [0, 0.05) is 10.4 Å². The Bertz CT molecular complexity index is 872. The molecular weight excluding hydrogens is 356 g/mol. The van der Waals surface area contributed by atoms with Crippen LogP contribution < -0.4 is 10.6 Å². The fourth-order valence-electron chi connectivity index (χ4n) is 3.17. The van der Waals surface area contributed by atoms with Gasteiger partial charge in [-0.2, -0.15) is 5.26 Å². The van der Waals surface area contributed by atoms with Crippen molar-refractivity contribution in [1.29, 1.82) is 5.26 Å². The quantitative estimate of drug-likeness (QED) is 0.842. The summed E-state index contributed by atoms with van der Waals surface area (Å²) in [6.45, 7) is 1.96. The molecule has 7 heteroatoms. The number of fused-ring (bicyclic) bond motifs is 1. The van der Waals surface area contributed by atoms with E-state index in [9.17, 15) is 18.8 Å². The van der Waals surface area contributed by atoms with Crippen LogP contribution >= 0.6 is 11.3 Å². The third-order valence-corrected chi connectivity index (χ3v) is 5.87. The lowest BCUT2D eigenvalue weighted by molar-refractivity contribution is -0.682. The summed E-state index contributed by atoms with van der Waals surface area (Å²) in [7, 11) is 0. The first-order chi connectivity index (χ1) is 12.5. The van der Waals surface area contributed by atoms with E-state index in [0.29, 0.717) is 16.1 Å². The minimum atomic E-state index is -0.893. The number of nitrogens with one attached hydrogen (secondary N) is 1. The highest BCUT2D eigenvalue weighted by molar-refractivity contribution is 7.16. The van der Waals surface area contributed by atoms with Crippen molar-refractivity contribution >= 4 is 22.2 Å². The maximum Gasteiger partial charge on any atom is 0.280 e. The lowest BCUT2D eigenvalue weighted by Crippen LogP contribution is -2.86. The average molecular weight is 376 g/mol. The number of thiophene rings is 1. The molecule has 1 aromatic carbocycles. The second kappa shape index (κ2) is 7.94. The van der Waals surface area contributed by atoms with Crippen LogP contribution in [0, 0.1) is 23.0 Å². The summed E-state index contributed by atoms with van der Waals surface area (Å²) in [4.78, 5) is 13.5. The first kappa shape index (κ1) is 18.5. The summed E-state index contributed by atoms with van der Waals surface area (Å²) in [6, 6.07) is 5.78. The molecule has 2 aromatic rings. The third kappa shape index (κ3) is 3.92. The first-order valence-electron chi connectivity index (χ1n) is 8.62. The molecule has 1 aromatic heterocycles. The van der Waals surface area contributed by atoms with Gasteiger partial charge < -0.3 is 10.6 Å². The van der Waals surface area contributed by atoms with Gasteiger partial charge in [-0.1, -0.05) is 0 Å². The molecule has 0 radical (unpaired) electrons. The number of carbonyl (C=O) groups excluding carboxylic acids is 1. The molecule has 1 aliphatic carbocycles. The van der Waals surface area contributed by atoms with E-state index < -0.39 is 11.6 Å². The van der Waals surface area contributed by atoms with E-state index >= 15 is 0 Å². The summed E-state index contributed by atoms with van der Waals surface area (Å²) in [5.74, 6) is -1.99. The van der Waals surface area contributed by atoms with E-state index in [0.717, 1.165) is 43.4 Å². The molecule has 4 nitrogen and oxygen atoms in total. The van der Waals surface area contributed by atoms with Crippen molar-refractivity contribution in [3.05, 3.63) is 51.4 Å². The van der Waals surface area contributed by atoms with Crippen molar-refractivity contribution < 1.29 is 18.9 Å². The molecule has 1 amide bonds. The highest BCUT2D eigenvalue weighted by Crippen LogP contribution is 2.37. The number of amides is 1. The monoisotopic (exact) mass is 376 g/mol. The molecule has 0 saturated carbocycles. The Morgan fingerprint density at radius 3 is 2.85 bits per heavy atom. The van der Waals surface area contributed by atoms with Crippen LogP contribution in [0.4, 0.5) is 13.8 Å². The summed E-state index contributed by atoms with van der Waals surface area (Å²) >= 11 is 1.49. The van der Waals surface area contributed by atoms with E-state index in [1.807, 2.05) is 6.92 Å². The topological polar surface area (TPSA) is 69.5 Å². The molecule has 3 rings (SSSR count). The number of quaternary nitrogens is 1. The standard InChI is InChI=1S/C19H19F2N3OS/c1-11(12-6-7-15(20)16(21)8-12)23-10-18(25)24-19-14(9-22)13-4-2-3-5-17(13)26-19/h6-8,11,23H,2-5,10H2,1H3,(H,24,25)/p+1/t11-/m0/s1. The second-order valence-electron chi connectivity index (χ2n) is 6.48. The Labute approximate surface area is 154 Å². The van der Waals surface area contributed by atoms with Gasteiger partial charge in [0.15, 0.2) is 18.2 Å². The fraction of sp³-hybridized carbons (Fsp3) is 0.368. The highest BCUT2D eigenvalue weighted by atomic mass is 32.1. The van der Waals surface area contributed by atoms with E-state index in [4.69, 9.17) is 0 Å². The van der Waals surface area contributed by atoms with E-state index in [-0.39, 0.29) is 18.5 Å². The van der Waals surface area contributed by atoms with Gasteiger partial charge >= 0.3 is 0 Å². The van der Waals surface area contributed by atoms with Crippen molar-refractivity contribution in [1.82, 2.24) is 0 Å². The van der Waals surface area contributed by atoms with Gasteiger partial charge in [0.2, 0.25) is 0 Å². The first-order valence-corrected chi connectivity index (χ1v) is 9.44. The van der Waals surface area contributed by atoms with Gasteiger partial charge in [0.25, 0.3) is 5.91 Å². The van der Waals surface area contributed by atoms with E-state index in [1.54, 1.807) is 5.32 Å². The van der Waals surface area contributed by atoms with Gasteiger partial charge in [-0.25, -0.2) is 8.78 Å².